The van der Waals surface area contributed by atoms with Gasteiger partial charge in [0.05, 0.1) is 0 Å². The molecule has 0 aliphatic heterocycles. The summed E-state index contributed by atoms with van der Waals surface area (Å²) in [5, 5.41) is 8.63. The number of phenolic OH excluding ortho intramolecular Hbond substituents is 1. The van der Waals surface area contributed by atoms with Crippen molar-refractivity contribution in [3.05, 3.63) is 114 Å². The standard InChI is InChI=1S/C9H8.C8H8.C6H6O/c1-2-5-9-7-3-6-8(9)4-1;1-2-8-6-4-3-5-7-8;7-6-4-2-1-3-5-6/h1-6H,7H2;2-7H,1H2;1-5,7H. The van der Waals surface area contributed by atoms with Crippen LogP contribution in [0.25, 0.3) is 12.2 Å². The SMILES string of the molecule is C1=Cc2ccccc2C1.C=Cc1ccccc1.Oc1ccccc1. The molecule has 0 saturated heterocycles. The fourth-order valence-electron chi connectivity index (χ4n) is 2.21. The lowest BCUT2D eigenvalue weighted by atomic mass is 10.1. The molecule has 24 heavy (non-hydrogen) atoms. The van der Waals surface area contributed by atoms with Crippen LogP contribution in [0, 0.1) is 0 Å². The van der Waals surface area contributed by atoms with Gasteiger partial charge in [0.1, 0.15) is 5.75 Å². The van der Waals surface area contributed by atoms with Crippen LogP contribution in [-0.2, 0) is 6.42 Å². The predicted molar refractivity (Wildman–Crippen MR) is 104 cm³/mol. The highest BCUT2D eigenvalue weighted by Gasteiger charge is 2.00. The molecule has 0 aromatic heterocycles. The molecule has 0 heterocycles. The van der Waals surface area contributed by atoms with E-state index in [2.05, 4.69) is 43.0 Å². The van der Waals surface area contributed by atoms with Crippen LogP contribution in [0.4, 0.5) is 0 Å². The van der Waals surface area contributed by atoms with E-state index in [-0.39, 0.29) is 0 Å². The molecule has 0 spiro atoms. The average Bonchev–Trinajstić information content (AvgIpc) is 3.13. The number of hydrogen-bond donors (Lipinski definition) is 1. The van der Waals surface area contributed by atoms with Gasteiger partial charge in [-0.05, 0) is 35.2 Å². The third-order valence-electron chi connectivity index (χ3n) is 3.48. The molecule has 1 nitrogen and oxygen atoms in total. The Hall–Kier alpha value is -3.06. The van der Waals surface area contributed by atoms with Gasteiger partial charge in [0, 0.05) is 0 Å². The Balaban J connectivity index is 0.000000132. The van der Waals surface area contributed by atoms with Gasteiger partial charge in [-0.3, -0.25) is 0 Å². The molecule has 0 bridgehead atoms. The van der Waals surface area contributed by atoms with Crippen molar-refractivity contribution in [2.75, 3.05) is 0 Å². The van der Waals surface area contributed by atoms with E-state index in [9.17, 15) is 0 Å². The average molecular weight is 314 g/mol. The van der Waals surface area contributed by atoms with Gasteiger partial charge >= 0.3 is 0 Å². The topological polar surface area (TPSA) is 20.2 Å². The van der Waals surface area contributed by atoms with Gasteiger partial charge in [-0.15, -0.1) is 0 Å². The maximum Gasteiger partial charge on any atom is 0.115 e. The van der Waals surface area contributed by atoms with Crippen LogP contribution in [0.5, 0.6) is 5.75 Å². The molecular formula is C23H22O. The van der Waals surface area contributed by atoms with Crippen LogP contribution in [0.2, 0.25) is 0 Å². The Morgan fingerprint density at radius 3 is 1.83 bits per heavy atom. The first-order chi connectivity index (χ1) is 11.8. The number of allylic oxidation sites excluding steroid dienone is 1. The van der Waals surface area contributed by atoms with Gasteiger partial charge in [-0.25, -0.2) is 0 Å². The van der Waals surface area contributed by atoms with Crippen molar-refractivity contribution in [1.82, 2.24) is 0 Å². The Labute approximate surface area is 144 Å². The smallest absolute Gasteiger partial charge is 0.115 e. The zero-order valence-corrected chi connectivity index (χ0v) is 13.7. The molecule has 1 aliphatic rings. The van der Waals surface area contributed by atoms with Crippen molar-refractivity contribution >= 4 is 12.2 Å². The number of fused-ring (bicyclic) bond motifs is 1. The zero-order chi connectivity index (χ0) is 17.0. The molecule has 4 rings (SSSR count). The third kappa shape index (κ3) is 5.98. The number of phenols is 1. The van der Waals surface area contributed by atoms with Crippen molar-refractivity contribution in [1.29, 1.82) is 0 Å². The summed E-state index contributed by atoms with van der Waals surface area (Å²) in [5.74, 6) is 0.322. The van der Waals surface area contributed by atoms with Gasteiger partial charge in [-0.1, -0.05) is 97.6 Å². The van der Waals surface area contributed by atoms with E-state index in [4.69, 9.17) is 5.11 Å². The zero-order valence-electron chi connectivity index (χ0n) is 13.7. The summed E-state index contributed by atoms with van der Waals surface area (Å²) in [4.78, 5) is 0. The fourth-order valence-corrected chi connectivity index (χ4v) is 2.21. The maximum absolute atomic E-state index is 8.63. The van der Waals surface area contributed by atoms with Crippen molar-refractivity contribution < 1.29 is 5.11 Å². The van der Waals surface area contributed by atoms with E-state index in [1.165, 1.54) is 16.7 Å². The van der Waals surface area contributed by atoms with E-state index in [1.807, 2.05) is 42.5 Å². The van der Waals surface area contributed by atoms with E-state index < -0.39 is 0 Å². The molecule has 0 unspecified atom stereocenters. The summed E-state index contributed by atoms with van der Waals surface area (Å²) < 4.78 is 0. The molecule has 0 amide bonds. The molecule has 3 aromatic carbocycles. The number of para-hydroxylation sites is 1. The van der Waals surface area contributed by atoms with Crippen LogP contribution >= 0.6 is 0 Å². The first kappa shape index (κ1) is 17.3. The summed E-state index contributed by atoms with van der Waals surface area (Å²) in [7, 11) is 0. The lowest BCUT2D eigenvalue weighted by Crippen LogP contribution is -1.76. The highest BCUT2D eigenvalue weighted by atomic mass is 16.3. The first-order valence-electron chi connectivity index (χ1n) is 7.95. The summed E-state index contributed by atoms with van der Waals surface area (Å²) in [6.45, 7) is 3.63. The number of hydrogen-bond acceptors (Lipinski definition) is 1. The van der Waals surface area contributed by atoms with Crippen LogP contribution in [0.1, 0.15) is 16.7 Å². The summed E-state index contributed by atoms with van der Waals surface area (Å²) in [6, 6.07) is 27.2. The second kappa shape index (κ2) is 9.86. The summed E-state index contributed by atoms with van der Waals surface area (Å²) >= 11 is 0. The minimum absolute atomic E-state index is 0.322. The molecule has 3 aromatic rings. The largest absolute Gasteiger partial charge is 0.508 e. The molecule has 1 heteroatoms. The first-order valence-corrected chi connectivity index (χ1v) is 7.95. The number of aromatic hydroxyl groups is 1. The highest BCUT2D eigenvalue weighted by molar-refractivity contribution is 5.59. The van der Waals surface area contributed by atoms with Crippen molar-refractivity contribution in [2.45, 2.75) is 6.42 Å². The van der Waals surface area contributed by atoms with Crippen LogP contribution in [-0.4, -0.2) is 5.11 Å². The molecule has 0 fully saturated rings. The quantitative estimate of drug-likeness (QED) is 0.586. The van der Waals surface area contributed by atoms with Gasteiger partial charge in [0.25, 0.3) is 0 Å². The summed E-state index contributed by atoms with van der Waals surface area (Å²) in [5.41, 5.74) is 4.02. The number of rotatable bonds is 1. The Kier molecular flexibility index (Phi) is 7.10. The monoisotopic (exact) mass is 314 g/mol. The summed E-state index contributed by atoms with van der Waals surface area (Å²) in [6.07, 6.45) is 7.33. The van der Waals surface area contributed by atoms with Crippen molar-refractivity contribution in [3.8, 4) is 5.75 Å². The third-order valence-corrected chi connectivity index (χ3v) is 3.48. The minimum atomic E-state index is 0.322. The van der Waals surface area contributed by atoms with Gasteiger partial charge < -0.3 is 5.11 Å². The predicted octanol–water partition coefficient (Wildman–Crippen LogP) is 5.98. The minimum Gasteiger partial charge on any atom is -0.508 e. The van der Waals surface area contributed by atoms with Gasteiger partial charge in [-0.2, -0.15) is 0 Å². The van der Waals surface area contributed by atoms with Crippen molar-refractivity contribution in [3.63, 3.8) is 0 Å². The van der Waals surface area contributed by atoms with Crippen LogP contribution in [0.3, 0.4) is 0 Å². The molecule has 1 aliphatic carbocycles. The van der Waals surface area contributed by atoms with Gasteiger partial charge in [0.2, 0.25) is 0 Å². The lowest BCUT2D eigenvalue weighted by molar-refractivity contribution is 0.475. The Morgan fingerprint density at radius 2 is 1.33 bits per heavy atom. The van der Waals surface area contributed by atoms with E-state index in [1.54, 1.807) is 24.3 Å². The maximum atomic E-state index is 8.63. The Bertz CT molecular complexity index is 758. The van der Waals surface area contributed by atoms with E-state index in [0.29, 0.717) is 5.75 Å². The van der Waals surface area contributed by atoms with E-state index in [0.717, 1.165) is 6.42 Å². The molecule has 1 N–H and O–H groups in total. The lowest BCUT2D eigenvalue weighted by Gasteiger charge is -1.93. The molecule has 0 saturated carbocycles. The molecule has 0 atom stereocenters. The second-order valence-corrected chi connectivity index (χ2v) is 5.26. The number of benzene rings is 3. The Morgan fingerprint density at radius 1 is 0.750 bits per heavy atom. The van der Waals surface area contributed by atoms with Crippen molar-refractivity contribution in [2.24, 2.45) is 0 Å². The second-order valence-electron chi connectivity index (χ2n) is 5.26. The fraction of sp³-hybridized carbons (Fsp3) is 0.0435. The highest BCUT2D eigenvalue weighted by Crippen LogP contribution is 2.17. The van der Waals surface area contributed by atoms with Crippen LogP contribution in [0.15, 0.2) is 97.6 Å². The van der Waals surface area contributed by atoms with Gasteiger partial charge in [0.15, 0.2) is 0 Å². The molecule has 0 radical (unpaired) electrons. The van der Waals surface area contributed by atoms with E-state index >= 15 is 0 Å². The molecular weight excluding hydrogens is 292 g/mol. The molecule has 120 valence electrons. The van der Waals surface area contributed by atoms with Crippen LogP contribution < -0.4 is 0 Å². The normalized spacial score (nSPS) is 10.5.